The highest BCUT2D eigenvalue weighted by Gasteiger charge is 2.28. The van der Waals surface area contributed by atoms with Crippen LogP contribution in [0.3, 0.4) is 0 Å². The maximum Gasteiger partial charge on any atom is 0.411 e. The van der Waals surface area contributed by atoms with E-state index in [2.05, 4.69) is 44.4 Å². The standard InChI is InChI=1S/C19H31N5O3/c1-19(2,24-9-11-27-12-10-24)14-22-17(20-3)21-13-15-5-7-16(8-6-15)23-18(25)26-4/h5-8H,9-14H2,1-4H3,(H,23,25)(H2,20,21,22). The molecule has 1 saturated heterocycles. The molecule has 1 amide bonds. The first-order valence-electron chi connectivity index (χ1n) is 9.16. The number of methoxy groups -OCH3 is 1. The molecular formula is C19H31N5O3. The molecule has 0 aliphatic carbocycles. The van der Waals surface area contributed by atoms with Crippen LogP contribution in [0.25, 0.3) is 0 Å². The van der Waals surface area contributed by atoms with Crippen LogP contribution in [-0.4, -0.2) is 69.5 Å². The molecule has 1 fully saturated rings. The van der Waals surface area contributed by atoms with Gasteiger partial charge >= 0.3 is 6.09 Å². The van der Waals surface area contributed by atoms with Crippen LogP contribution >= 0.6 is 0 Å². The molecule has 8 nitrogen and oxygen atoms in total. The largest absolute Gasteiger partial charge is 0.453 e. The highest BCUT2D eigenvalue weighted by atomic mass is 16.5. The van der Waals surface area contributed by atoms with Crippen LogP contribution in [0.4, 0.5) is 10.5 Å². The summed E-state index contributed by atoms with van der Waals surface area (Å²) in [6.07, 6.45) is -0.478. The van der Waals surface area contributed by atoms with Gasteiger partial charge in [-0.2, -0.15) is 0 Å². The number of hydrogen-bond acceptors (Lipinski definition) is 5. The summed E-state index contributed by atoms with van der Waals surface area (Å²) in [6.45, 7) is 9.36. The third-order valence-corrected chi connectivity index (χ3v) is 4.62. The topological polar surface area (TPSA) is 87.2 Å². The van der Waals surface area contributed by atoms with Gasteiger partial charge in [0.25, 0.3) is 0 Å². The molecule has 0 atom stereocenters. The number of morpholine rings is 1. The molecule has 27 heavy (non-hydrogen) atoms. The number of carbonyl (C=O) groups excluding carboxylic acids is 1. The summed E-state index contributed by atoms with van der Waals surface area (Å²) >= 11 is 0. The van der Waals surface area contributed by atoms with Gasteiger partial charge in [-0.05, 0) is 31.5 Å². The van der Waals surface area contributed by atoms with Crippen molar-refractivity contribution in [2.45, 2.75) is 25.9 Å². The van der Waals surface area contributed by atoms with E-state index in [0.717, 1.165) is 44.4 Å². The first kappa shape index (κ1) is 21.0. The fraction of sp³-hybridized carbons (Fsp3) is 0.579. The Morgan fingerprint density at radius 2 is 1.89 bits per heavy atom. The second-order valence-corrected chi connectivity index (χ2v) is 7.00. The number of guanidine groups is 1. The molecular weight excluding hydrogens is 346 g/mol. The molecule has 1 aliphatic rings. The molecule has 1 aliphatic heterocycles. The van der Waals surface area contributed by atoms with Gasteiger partial charge in [0.15, 0.2) is 5.96 Å². The molecule has 0 bridgehead atoms. The number of nitrogens with one attached hydrogen (secondary N) is 3. The van der Waals surface area contributed by atoms with Gasteiger partial charge < -0.3 is 20.1 Å². The van der Waals surface area contributed by atoms with E-state index in [-0.39, 0.29) is 5.54 Å². The van der Waals surface area contributed by atoms with Crippen molar-refractivity contribution in [3.8, 4) is 0 Å². The monoisotopic (exact) mass is 377 g/mol. The highest BCUT2D eigenvalue weighted by molar-refractivity contribution is 5.84. The zero-order valence-electron chi connectivity index (χ0n) is 16.7. The Labute approximate surface area is 161 Å². The van der Waals surface area contributed by atoms with Gasteiger partial charge in [0.1, 0.15) is 0 Å². The normalized spacial score (nSPS) is 15.9. The minimum atomic E-state index is -0.478. The lowest BCUT2D eigenvalue weighted by Gasteiger charge is -2.41. The van der Waals surface area contributed by atoms with Gasteiger partial charge in [-0.15, -0.1) is 0 Å². The molecule has 2 rings (SSSR count). The lowest BCUT2D eigenvalue weighted by Crippen LogP contribution is -2.56. The Morgan fingerprint density at radius 3 is 2.48 bits per heavy atom. The van der Waals surface area contributed by atoms with E-state index in [1.54, 1.807) is 7.05 Å². The average molecular weight is 377 g/mol. The second kappa shape index (κ2) is 10.1. The molecule has 0 spiro atoms. The fourth-order valence-electron chi connectivity index (χ4n) is 2.86. The summed E-state index contributed by atoms with van der Waals surface area (Å²) in [4.78, 5) is 17.9. The van der Waals surface area contributed by atoms with E-state index >= 15 is 0 Å². The number of benzene rings is 1. The molecule has 150 valence electrons. The predicted octanol–water partition coefficient (Wildman–Crippen LogP) is 1.64. The molecule has 1 aromatic carbocycles. The van der Waals surface area contributed by atoms with Crippen LogP contribution in [0.15, 0.2) is 29.3 Å². The van der Waals surface area contributed by atoms with Crippen molar-refractivity contribution >= 4 is 17.7 Å². The van der Waals surface area contributed by atoms with Crippen molar-refractivity contribution in [3.63, 3.8) is 0 Å². The van der Waals surface area contributed by atoms with Crippen LogP contribution in [-0.2, 0) is 16.0 Å². The molecule has 0 aromatic heterocycles. The summed E-state index contributed by atoms with van der Waals surface area (Å²) in [6, 6.07) is 7.57. The summed E-state index contributed by atoms with van der Waals surface area (Å²) < 4.78 is 10.0. The summed E-state index contributed by atoms with van der Waals surface area (Å²) in [5, 5.41) is 9.35. The smallest absolute Gasteiger partial charge is 0.411 e. The van der Waals surface area contributed by atoms with Crippen LogP contribution in [0, 0.1) is 0 Å². The van der Waals surface area contributed by atoms with E-state index in [0.29, 0.717) is 12.2 Å². The Hall–Kier alpha value is -2.32. The molecule has 0 radical (unpaired) electrons. The van der Waals surface area contributed by atoms with Gasteiger partial charge in [-0.1, -0.05) is 12.1 Å². The summed E-state index contributed by atoms with van der Waals surface area (Å²) in [5.41, 5.74) is 1.80. The Morgan fingerprint density at radius 1 is 1.22 bits per heavy atom. The van der Waals surface area contributed by atoms with Crippen LogP contribution in [0.2, 0.25) is 0 Å². The van der Waals surface area contributed by atoms with E-state index < -0.39 is 6.09 Å². The molecule has 8 heteroatoms. The third kappa shape index (κ3) is 6.73. The second-order valence-electron chi connectivity index (χ2n) is 7.00. The van der Waals surface area contributed by atoms with Gasteiger partial charge in [0.05, 0.1) is 20.3 Å². The first-order valence-corrected chi connectivity index (χ1v) is 9.16. The van der Waals surface area contributed by atoms with E-state index in [1.807, 2.05) is 24.3 Å². The molecule has 1 heterocycles. The number of rotatable bonds is 6. The molecule has 3 N–H and O–H groups in total. The minimum absolute atomic E-state index is 0.0165. The third-order valence-electron chi connectivity index (χ3n) is 4.62. The molecule has 1 aromatic rings. The van der Waals surface area contributed by atoms with Crippen molar-refractivity contribution in [2.24, 2.45) is 4.99 Å². The van der Waals surface area contributed by atoms with Gasteiger partial charge in [0, 0.05) is 44.5 Å². The van der Waals surface area contributed by atoms with E-state index in [9.17, 15) is 4.79 Å². The number of ether oxygens (including phenoxy) is 2. The zero-order chi connectivity index (χ0) is 19.7. The van der Waals surface area contributed by atoms with Gasteiger partial charge in [-0.3, -0.25) is 15.2 Å². The van der Waals surface area contributed by atoms with E-state index in [4.69, 9.17) is 4.74 Å². The van der Waals surface area contributed by atoms with Crippen molar-refractivity contribution in [3.05, 3.63) is 29.8 Å². The zero-order valence-corrected chi connectivity index (χ0v) is 16.7. The number of anilines is 1. The minimum Gasteiger partial charge on any atom is -0.453 e. The predicted molar refractivity (Wildman–Crippen MR) is 107 cm³/mol. The average Bonchev–Trinajstić information content (AvgIpc) is 2.69. The van der Waals surface area contributed by atoms with Crippen molar-refractivity contribution < 1.29 is 14.3 Å². The summed E-state index contributed by atoms with van der Waals surface area (Å²) in [7, 11) is 3.10. The number of hydrogen-bond donors (Lipinski definition) is 3. The van der Waals surface area contributed by atoms with Crippen LogP contribution in [0.1, 0.15) is 19.4 Å². The first-order chi connectivity index (χ1) is 12.9. The summed E-state index contributed by atoms with van der Waals surface area (Å²) in [5.74, 6) is 0.757. The van der Waals surface area contributed by atoms with Crippen LogP contribution in [0.5, 0.6) is 0 Å². The SMILES string of the molecule is CN=C(NCc1ccc(NC(=O)OC)cc1)NCC(C)(C)N1CCOCC1. The number of aliphatic imine (C=N–C) groups is 1. The molecule has 0 unspecified atom stereocenters. The Bertz CT molecular complexity index is 625. The lowest BCUT2D eigenvalue weighted by molar-refractivity contribution is -0.00834. The number of amides is 1. The van der Waals surface area contributed by atoms with Crippen molar-refractivity contribution in [1.29, 1.82) is 0 Å². The molecule has 0 saturated carbocycles. The maximum atomic E-state index is 11.2. The fourth-order valence-corrected chi connectivity index (χ4v) is 2.86. The van der Waals surface area contributed by atoms with Crippen LogP contribution < -0.4 is 16.0 Å². The highest BCUT2D eigenvalue weighted by Crippen LogP contribution is 2.15. The Balaban J connectivity index is 1.80. The van der Waals surface area contributed by atoms with Crippen molar-refractivity contribution in [2.75, 3.05) is 52.3 Å². The van der Waals surface area contributed by atoms with E-state index in [1.165, 1.54) is 7.11 Å². The number of nitrogens with zero attached hydrogens (tertiary/aromatic N) is 2. The van der Waals surface area contributed by atoms with Gasteiger partial charge in [-0.25, -0.2) is 4.79 Å². The van der Waals surface area contributed by atoms with Crippen molar-refractivity contribution in [1.82, 2.24) is 15.5 Å². The lowest BCUT2D eigenvalue weighted by atomic mass is 10.0. The number of carbonyl (C=O) groups is 1. The Kier molecular flexibility index (Phi) is 7.87. The quantitative estimate of drug-likeness (QED) is 0.516. The maximum absolute atomic E-state index is 11.2. The van der Waals surface area contributed by atoms with Gasteiger partial charge in [0.2, 0.25) is 0 Å².